The normalized spacial score (nSPS) is 14.4. The minimum atomic E-state index is -0.446. The number of nitrogens with one attached hydrogen (secondary N) is 2. The van der Waals surface area contributed by atoms with Gasteiger partial charge in [0, 0.05) is 17.4 Å². The van der Waals surface area contributed by atoms with E-state index in [4.69, 9.17) is 0 Å². The van der Waals surface area contributed by atoms with E-state index in [0.29, 0.717) is 17.8 Å². The molecule has 0 saturated carbocycles. The topological polar surface area (TPSA) is 89.2 Å². The smallest absolute Gasteiger partial charge is 0.0822 e. The van der Waals surface area contributed by atoms with Crippen molar-refractivity contribution in [1.29, 1.82) is 0 Å². The third kappa shape index (κ3) is 12.5. The molecule has 6 heteroatoms. The minimum Gasteiger partial charge on any atom is -0.411 e. The second kappa shape index (κ2) is 14.0. The molecule has 0 aliphatic heterocycles. The summed E-state index contributed by atoms with van der Waals surface area (Å²) < 4.78 is 0. The summed E-state index contributed by atoms with van der Waals surface area (Å²) in [4.78, 5) is 0. The molecule has 0 aromatic carbocycles. The van der Waals surface area contributed by atoms with Crippen LogP contribution in [0, 0.1) is 5.41 Å². The number of rotatable bonds is 16. The monoisotopic (exact) mass is 426 g/mol. The van der Waals surface area contributed by atoms with E-state index in [1.807, 2.05) is 13.8 Å². The van der Waals surface area contributed by atoms with E-state index in [0.717, 1.165) is 32.4 Å². The highest BCUT2D eigenvalue weighted by atomic mass is 16.4. The molecule has 0 spiro atoms. The van der Waals surface area contributed by atoms with Gasteiger partial charge in [0.1, 0.15) is 0 Å². The van der Waals surface area contributed by atoms with Gasteiger partial charge in [-0.3, -0.25) is 0 Å². The van der Waals surface area contributed by atoms with Crippen LogP contribution in [-0.4, -0.2) is 46.0 Å². The van der Waals surface area contributed by atoms with Gasteiger partial charge >= 0.3 is 0 Å². The highest BCUT2D eigenvalue weighted by molar-refractivity contribution is 6.09. The fourth-order valence-corrected chi connectivity index (χ4v) is 3.50. The molecule has 0 unspecified atom stereocenters. The number of hydrogen-bond donors (Lipinski definition) is 4. The Balaban J connectivity index is 4.38. The zero-order valence-corrected chi connectivity index (χ0v) is 21.1. The van der Waals surface area contributed by atoms with E-state index in [1.165, 1.54) is 32.1 Å². The molecule has 6 nitrogen and oxygen atoms in total. The first-order chi connectivity index (χ1) is 13.9. The van der Waals surface area contributed by atoms with Crippen molar-refractivity contribution in [2.24, 2.45) is 15.7 Å². The number of oxime groups is 2. The fourth-order valence-electron chi connectivity index (χ4n) is 3.50. The Morgan fingerprint density at radius 3 is 1.73 bits per heavy atom. The maximum atomic E-state index is 9.65. The van der Waals surface area contributed by atoms with Crippen LogP contribution in [-0.2, 0) is 0 Å². The molecule has 0 radical (unpaired) electrons. The predicted octanol–water partition coefficient (Wildman–Crippen LogP) is 5.96. The van der Waals surface area contributed by atoms with Crippen molar-refractivity contribution >= 4 is 11.4 Å². The second-order valence-corrected chi connectivity index (χ2v) is 10.8. The molecule has 0 aromatic rings. The molecule has 0 bridgehead atoms. The molecule has 0 atom stereocenters. The maximum absolute atomic E-state index is 9.65. The molecule has 178 valence electrons. The molecule has 0 aromatic heterocycles. The maximum Gasteiger partial charge on any atom is 0.0822 e. The van der Waals surface area contributed by atoms with Crippen LogP contribution in [0.3, 0.4) is 0 Å². The van der Waals surface area contributed by atoms with E-state index in [9.17, 15) is 10.4 Å². The minimum absolute atomic E-state index is 0.208. The van der Waals surface area contributed by atoms with E-state index in [2.05, 4.69) is 62.5 Å². The van der Waals surface area contributed by atoms with Gasteiger partial charge in [0.05, 0.1) is 17.0 Å². The van der Waals surface area contributed by atoms with Crippen LogP contribution in [0.2, 0.25) is 0 Å². The third-order valence-electron chi connectivity index (χ3n) is 5.78. The Bertz CT molecular complexity index is 520. The van der Waals surface area contributed by atoms with Crippen LogP contribution >= 0.6 is 0 Å². The van der Waals surface area contributed by atoms with Crippen molar-refractivity contribution in [2.45, 2.75) is 124 Å². The molecule has 0 aliphatic carbocycles. The van der Waals surface area contributed by atoms with Crippen LogP contribution in [0.4, 0.5) is 0 Å². The summed E-state index contributed by atoms with van der Waals surface area (Å²) in [5, 5.41) is 33.3. The Morgan fingerprint density at radius 2 is 1.23 bits per heavy atom. The lowest BCUT2D eigenvalue weighted by Gasteiger charge is -2.31. The first-order valence-corrected chi connectivity index (χ1v) is 11.8. The summed E-state index contributed by atoms with van der Waals surface area (Å²) in [6, 6.07) is 0. The Hall–Kier alpha value is -1.14. The third-order valence-corrected chi connectivity index (χ3v) is 5.78. The molecule has 4 N–H and O–H groups in total. The average molecular weight is 427 g/mol. The van der Waals surface area contributed by atoms with E-state index in [1.54, 1.807) is 0 Å². The average Bonchev–Trinajstić information content (AvgIpc) is 2.64. The van der Waals surface area contributed by atoms with Gasteiger partial charge in [-0.1, -0.05) is 63.2 Å². The SMILES string of the molecule is CCCNC(C)(C)/C(C/C(=N/O)C(C)(C)CCCCCCCCNC(C)(C)C)=N\O. The van der Waals surface area contributed by atoms with Crippen molar-refractivity contribution < 1.29 is 10.4 Å². The lowest BCUT2D eigenvalue weighted by Crippen LogP contribution is -2.48. The van der Waals surface area contributed by atoms with E-state index < -0.39 is 5.54 Å². The van der Waals surface area contributed by atoms with Crippen molar-refractivity contribution in [3.8, 4) is 0 Å². The zero-order chi connectivity index (χ0) is 23.3. The van der Waals surface area contributed by atoms with Crippen LogP contribution in [0.15, 0.2) is 10.3 Å². The molecule has 0 aliphatic rings. The van der Waals surface area contributed by atoms with Crippen molar-refractivity contribution in [1.82, 2.24) is 10.6 Å². The lowest BCUT2D eigenvalue weighted by molar-refractivity contribution is 0.300. The molecular weight excluding hydrogens is 376 g/mol. The summed E-state index contributed by atoms with van der Waals surface area (Å²) in [5.74, 6) is 0. The zero-order valence-electron chi connectivity index (χ0n) is 21.1. The summed E-state index contributed by atoms with van der Waals surface area (Å²) in [5.41, 5.74) is 0.802. The molecule has 0 fully saturated rings. The van der Waals surface area contributed by atoms with Crippen molar-refractivity contribution in [3.63, 3.8) is 0 Å². The van der Waals surface area contributed by atoms with E-state index in [-0.39, 0.29) is 11.0 Å². The molecule has 0 saturated heterocycles. The molecule has 30 heavy (non-hydrogen) atoms. The van der Waals surface area contributed by atoms with Gasteiger partial charge in [0.25, 0.3) is 0 Å². The largest absolute Gasteiger partial charge is 0.411 e. The number of unbranched alkanes of at least 4 members (excludes halogenated alkanes) is 5. The Kier molecular flexibility index (Phi) is 13.5. The highest BCUT2D eigenvalue weighted by Crippen LogP contribution is 2.29. The standard InChI is InChI=1S/C24H50N4O2/c1-9-17-26-24(7,8)21(28-30)19-20(27-29)23(5,6)16-14-12-10-11-13-15-18-25-22(2,3)4/h25-26,29-30H,9-19H2,1-8H3/b27-20-,28-21-. The number of nitrogens with zero attached hydrogens (tertiary/aromatic N) is 2. The Labute approximate surface area is 186 Å². The van der Waals surface area contributed by atoms with Crippen molar-refractivity contribution in [2.75, 3.05) is 13.1 Å². The summed E-state index contributed by atoms with van der Waals surface area (Å²) in [6.45, 7) is 18.9. The fraction of sp³-hybridized carbons (Fsp3) is 0.917. The first kappa shape index (κ1) is 28.9. The molecular formula is C24H50N4O2. The first-order valence-electron chi connectivity index (χ1n) is 11.8. The molecule has 0 rings (SSSR count). The van der Waals surface area contributed by atoms with E-state index >= 15 is 0 Å². The van der Waals surface area contributed by atoms with Gasteiger partial charge in [0.15, 0.2) is 0 Å². The van der Waals surface area contributed by atoms with Gasteiger partial charge in [-0.15, -0.1) is 0 Å². The molecule has 0 amide bonds. The second-order valence-electron chi connectivity index (χ2n) is 10.8. The van der Waals surface area contributed by atoms with Gasteiger partial charge in [-0.25, -0.2) is 0 Å². The van der Waals surface area contributed by atoms with Gasteiger partial charge in [0.2, 0.25) is 0 Å². The van der Waals surface area contributed by atoms with Crippen molar-refractivity contribution in [3.05, 3.63) is 0 Å². The highest BCUT2D eigenvalue weighted by Gasteiger charge is 2.32. The summed E-state index contributed by atoms with van der Waals surface area (Å²) in [6.07, 6.45) is 9.64. The quantitative estimate of drug-likeness (QED) is 0.106. The van der Waals surface area contributed by atoms with Crippen LogP contribution in [0.25, 0.3) is 0 Å². The van der Waals surface area contributed by atoms with Gasteiger partial charge in [-0.05, 0) is 67.0 Å². The summed E-state index contributed by atoms with van der Waals surface area (Å²) >= 11 is 0. The van der Waals surface area contributed by atoms with Gasteiger partial charge in [-0.2, -0.15) is 0 Å². The van der Waals surface area contributed by atoms with Crippen LogP contribution in [0.5, 0.6) is 0 Å². The van der Waals surface area contributed by atoms with Gasteiger partial charge < -0.3 is 21.0 Å². The Morgan fingerprint density at radius 1 is 0.700 bits per heavy atom. The molecule has 0 heterocycles. The van der Waals surface area contributed by atoms with Crippen LogP contribution in [0.1, 0.15) is 113 Å². The lowest BCUT2D eigenvalue weighted by atomic mass is 9.78. The predicted molar refractivity (Wildman–Crippen MR) is 129 cm³/mol. The van der Waals surface area contributed by atoms with Crippen LogP contribution < -0.4 is 10.6 Å². The number of hydrogen-bond acceptors (Lipinski definition) is 6. The summed E-state index contributed by atoms with van der Waals surface area (Å²) in [7, 11) is 0.